The zero-order chi connectivity index (χ0) is 13.0. The van der Waals surface area contributed by atoms with Crippen molar-refractivity contribution in [3.05, 3.63) is 24.2 Å². The molecule has 0 aliphatic heterocycles. The number of aryl methyl sites for hydroxylation is 1. The lowest BCUT2D eigenvalue weighted by Crippen LogP contribution is -2.13. The molecule has 7 nitrogen and oxygen atoms in total. The highest BCUT2D eigenvalue weighted by Crippen LogP contribution is 2.10. The van der Waals surface area contributed by atoms with Crippen LogP contribution in [0.3, 0.4) is 0 Å². The fourth-order valence-electron chi connectivity index (χ4n) is 1.51. The molecular formula is C11H16N6O. The van der Waals surface area contributed by atoms with E-state index < -0.39 is 0 Å². The van der Waals surface area contributed by atoms with Crippen molar-refractivity contribution in [2.75, 3.05) is 24.7 Å². The Balaban J connectivity index is 1.91. The molecule has 3 N–H and O–H groups in total. The minimum atomic E-state index is 0.548. The number of aromatic nitrogens is 4. The average molecular weight is 248 g/mol. The van der Waals surface area contributed by atoms with E-state index in [1.807, 2.05) is 6.92 Å². The Kier molecular flexibility index (Phi) is 3.61. The number of methoxy groups -OCH3 is 1. The number of nitrogens with zero attached hydrogens (tertiary/aromatic N) is 4. The first-order chi connectivity index (χ1) is 8.67. The number of hydrogen-bond acceptors (Lipinski definition) is 6. The van der Waals surface area contributed by atoms with E-state index in [0.717, 1.165) is 5.69 Å². The Morgan fingerprint density at radius 1 is 1.44 bits per heavy atom. The summed E-state index contributed by atoms with van der Waals surface area (Å²) >= 11 is 0. The van der Waals surface area contributed by atoms with E-state index in [0.29, 0.717) is 30.6 Å². The molecule has 2 aromatic rings. The van der Waals surface area contributed by atoms with Crippen LogP contribution >= 0.6 is 0 Å². The number of rotatable bonds is 5. The molecule has 0 aliphatic carbocycles. The highest BCUT2D eigenvalue weighted by atomic mass is 16.5. The van der Waals surface area contributed by atoms with Crippen molar-refractivity contribution in [1.82, 2.24) is 19.7 Å². The van der Waals surface area contributed by atoms with Crippen molar-refractivity contribution < 1.29 is 4.74 Å². The monoisotopic (exact) mass is 248 g/mol. The van der Waals surface area contributed by atoms with Gasteiger partial charge in [-0.2, -0.15) is 10.1 Å². The molecule has 0 spiro atoms. The molecule has 0 aromatic carbocycles. The van der Waals surface area contributed by atoms with Gasteiger partial charge in [-0.05, 0) is 6.92 Å². The molecular weight excluding hydrogens is 232 g/mol. The summed E-state index contributed by atoms with van der Waals surface area (Å²) < 4.78 is 6.84. The first kappa shape index (κ1) is 12.2. The number of nitrogens with one attached hydrogen (secondary N) is 1. The third-order valence-corrected chi connectivity index (χ3v) is 2.32. The smallest absolute Gasteiger partial charge is 0.226 e. The van der Waals surface area contributed by atoms with Gasteiger partial charge in [0.2, 0.25) is 11.8 Å². The molecule has 0 unspecified atom stereocenters. The van der Waals surface area contributed by atoms with Crippen LogP contribution in [-0.4, -0.2) is 33.4 Å². The van der Waals surface area contributed by atoms with Gasteiger partial charge in [-0.3, -0.25) is 4.68 Å². The minimum absolute atomic E-state index is 0.548. The Bertz CT molecular complexity index is 524. The first-order valence-corrected chi connectivity index (χ1v) is 5.59. The highest BCUT2D eigenvalue weighted by molar-refractivity contribution is 5.31. The molecule has 7 heteroatoms. The Hall–Kier alpha value is -2.31. The van der Waals surface area contributed by atoms with Gasteiger partial charge in [-0.15, -0.1) is 0 Å². The zero-order valence-electron chi connectivity index (χ0n) is 10.4. The van der Waals surface area contributed by atoms with Gasteiger partial charge in [-0.1, -0.05) is 0 Å². The summed E-state index contributed by atoms with van der Waals surface area (Å²) in [5.41, 5.74) is 7.08. The lowest BCUT2D eigenvalue weighted by atomic mass is 10.4. The van der Waals surface area contributed by atoms with E-state index in [1.54, 1.807) is 30.3 Å². The van der Waals surface area contributed by atoms with E-state index in [-0.39, 0.29) is 0 Å². The number of nitrogen functional groups attached to an aromatic ring is 1. The maximum Gasteiger partial charge on any atom is 0.226 e. The summed E-state index contributed by atoms with van der Waals surface area (Å²) in [7, 11) is 1.58. The second-order valence-corrected chi connectivity index (χ2v) is 3.84. The lowest BCUT2D eigenvalue weighted by Gasteiger charge is -2.07. The standard InChI is InChI=1S/C11H16N6O/c1-8-5-10(18-2)16-11(15-8)13-3-4-17-7-9(12)6-14-17/h5-7H,3-4,12H2,1-2H3,(H,13,15,16). The van der Waals surface area contributed by atoms with Crippen molar-refractivity contribution in [2.45, 2.75) is 13.5 Å². The van der Waals surface area contributed by atoms with Crippen LogP contribution < -0.4 is 15.8 Å². The van der Waals surface area contributed by atoms with Gasteiger partial charge in [0.1, 0.15) is 0 Å². The van der Waals surface area contributed by atoms with Crippen LogP contribution in [0.5, 0.6) is 5.88 Å². The van der Waals surface area contributed by atoms with Gasteiger partial charge in [0, 0.05) is 24.5 Å². The molecule has 0 saturated carbocycles. The third kappa shape index (κ3) is 3.09. The number of ether oxygens (including phenoxy) is 1. The molecule has 2 aromatic heterocycles. The van der Waals surface area contributed by atoms with Crippen LogP contribution in [0.1, 0.15) is 5.69 Å². The highest BCUT2D eigenvalue weighted by Gasteiger charge is 2.01. The number of anilines is 2. The van der Waals surface area contributed by atoms with Gasteiger partial charge in [0.15, 0.2) is 0 Å². The summed E-state index contributed by atoms with van der Waals surface area (Å²) in [5, 5.41) is 7.20. The van der Waals surface area contributed by atoms with Crippen LogP contribution in [0.15, 0.2) is 18.5 Å². The number of nitrogens with two attached hydrogens (primary N) is 1. The van der Waals surface area contributed by atoms with Gasteiger partial charge in [0.05, 0.1) is 25.5 Å². The van der Waals surface area contributed by atoms with E-state index in [1.165, 1.54) is 0 Å². The summed E-state index contributed by atoms with van der Waals surface area (Å²) in [4.78, 5) is 8.45. The normalized spacial score (nSPS) is 10.3. The molecule has 0 radical (unpaired) electrons. The fourth-order valence-corrected chi connectivity index (χ4v) is 1.51. The predicted molar refractivity (Wildman–Crippen MR) is 68.5 cm³/mol. The summed E-state index contributed by atoms with van der Waals surface area (Å²) in [6.45, 7) is 3.24. The summed E-state index contributed by atoms with van der Waals surface area (Å²) in [6.07, 6.45) is 3.39. The van der Waals surface area contributed by atoms with Gasteiger partial charge in [0.25, 0.3) is 0 Å². The summed E-state index contributed by atoms with van der Waals surface area (Å²) in [6, 6.07) is 1.78. The zero-order valence-corrected chi connectivity index (χ0v) is 10.4. The summed E-state index contributed by atoms with van der Waals surface area (Å²) in [5.74, 6) is 1.10. The Morgan fingerprint density at radius 2 is 2.28 bits per heavy atom. The van der Waals surface area contributed by atoms with Crippen molar-refractivity contribution in [3.63, 3.8) is 0 Å². The Labute approximate surface area is 105 Å². The van der Waals surface area contributed by atoms with Gasteiger partial charge in [-0.25, -0.2) is 4.98 Å². The Morgan fingerprint density at radius 3 is 2.94 bits per heavy atom. The molecule has 0 bridgehead atoms. The van der Waals surface area contributed by atoms with Gasteiger partial charge < -0.3 is 15.8 Å². The van der Waals surface area contributed by atoms with Crippen LogP contribution in [0.25, 0.3) is 0 Å². The third-order valence-electron chi connectivity index (χ3n) is 2.32. The molecule has 2 rings (SSSR count). The molecule has 0 aliphatic rings. The van der Waals surface area contributed by atoms with Crippen LogP contribution in [0.4, 0.5) is 11.6 Å². The topological polar surface area (TPSA) is 90.9 Å². The maximum absolute atomic E-state index is 5.57. The van der Waals surface area contributed by atoms with Crippen LogP contribution in [-0.2, 0) is 6.54 Å². The average Bonchev–Trinajstić information content (AvgIpc) is 2.74. The van der Waals surface area contributed by atoms with E-state index >= 15 is 0 Å². The molecule has 96 valence electrons. The molecule has 0 saturated heterocycles. The predicted octanol–water partition coefficient (Wildman–Crippen LogP) is 0.684. The van der Waals surface area contributed by atoms with E-state index in [2.05, 4.69) is 20.4 Å². The first-order valence-electron chi connectivity index (χ1n) is 5.59. The van der Waals surface area contributed by atoms with Crippen molar-refractivity contribution in [1.29, 1.82) is 0 Å². The quantitative estimate of drug-likeness (QED) is 0.808. The van der Waals surface area contributed by atoms with Crippen LogP contribution in [0, 0.1) is 6.92 Å². The largest absolute Gasteiger partial charge is 0.481 e. The van der Waals surface area contributed by atoms with E-state index in [4.69, 9.17) is 10.5 Å². The molecule has 0 fully saturated rings. The minimum Gasteiger partial charge on any atom is -0.481 e. The molecule has 0 amide bonds. The van der Waals surface area contributed by atoms with Gasteiger partial charge >= 0.3 is 0 Å². The SMILES string of the molecule is COc1cc(C)nc(NCCn2cc(N)cn2)n1. The van der Waals surface area contributed by atoms with E-state index in [9.17, 15) is 0 Å². The molecule has 2 heterocycles. The second-order valence-electron chi connectivity index (χ2n) is 3.84. The molecule has 0 atom stereocenters. The second kappa shape index (κ2) is 5.35. The van der Waals surface area contributed by atoms with Crippen molar-refractivity contribution in [3.8, 4) is 5.88 Å². The number of hydrogen-bond donors (Lipinski definition) is 2. The van der Waals surface area contributed by atoms with Crippen LogP contribution in [0.2, 0.25) is 0 Å². The van der Waals surface area contributed by atoms with Crippen molar-refractivity contribution in [2.24, 2.45) is 0 Å². The molecule has 18 heavy (non-hydrogen) atoms. The lowest BCUT2D eigenvalue weighted by molar-refractivity contribution is 0.397. The fraction of sp³-hybridized carbons (Fsp3) is 0.364. The maximum atomic E-state index is 5.57. The van der Waals surface area contributed by atoms with Crippen molar-refractivity contribution >= 4 is 11.6 Å².